The number of hydrogen-bond acceptors (Lipinski definition) is 5. The third-order valence-corrected chi connectivity index (χ3v) is 3.57. The molecule has 0 aliphatic carbocycles. The van der Waals surface area contributed by atoms with Gasteiger partial charge < -0.3 is 14.6 Å². The van der Waals surface area contributed by atoms with Gasteiger partial charge in [-0.05, 0) is 26.2 Å². The molecule has 6 heteroatoms. The van der Waals surface area contributed by atoms with Crippen LogP contribution in [-0.4, -0.2) is 37.1 Å². The van der Waals surface area contributed by atoms with Crippen LogP contribution in [0.5, 0.6) is 0 Å². The Hall–Kier alpha value is -2.13. The lowest BCUT2D eigenvalue weighted by atomic mass is 10.0. The van der Waals surface area contributed by atoms with E-state index in [1.54, 1.807) is 6.26 Å². The average molecular weight is 302 g/mol. The highest BCUT2D eigenvalue weighted by Gasteiger charge is 2.39. The normalized spacial score (nSPS) is 16.3. The van der Waals surface area contributed by atoms with Crippen molar-refractivity contribution in [2.24, 2.45) is 10.2 Å². The average Bonchev–Trinajstić information content (AvgIpc) is 3.03. The van der Waals surface area contributed by atoms with Crippen LogP contribution in [0.3, 0.4) is 0 Å². The fourth-order valence-electron chi connectivity index (χ4n) is 2.31. The summed E-state index contributed by atoms with van der Waals surface area (Å²) in [6, 6.07) is 3.53. The Bertz CT molecular complexity index is 551. The minimum absolute atomic E-state index is 0.0272. The van der Waals surface area contributed by atoms with Crippen LogP contribution in [0.25, 0.3) is 0 Å². The van der Waals surface area contributed by atoms with E-state index in [9.17, 15) is 4.79 Å². The Balaban J connectivity index is 1.83. The molecule has 2 heterocycles. The highest BCUT2D eigenvalue weighted by molar-refractivity contribution is 5.76. The quantitative estimate of drug-likeness (QED) is 0.712. The Kier molecular flexibility index (Phi) is 5.34. The Morgan fingerprint density at radius 3 is 2.82 bits per heavy atom. The number of nitrogens with one attached hydrogen (secondary N) is 1. The molecule has 22 heavy (non-hydrogen) atoms. The van der Waals surface area contributed by atoms with Crippen molar-refractivity contribution in [3.63, 3.8) is 0 Å². The van der Waals surface area contributed by atoms with Crippen molar-refractivity contribution >= 4 is 5.91 Å². The number of carbonyl (C=O) groups excluding carboxylic acids is 1. The van der Waals surface area contributed by atoms with E-state index in [4.69, 9.17) is 10.8 Å². The van der Waals surface area contributed by atoms with Gasteiger partial charge in [0.2, 0.25) is 5.91 Å². The molecule has 1 unspecified atom stereocenters. The van der Waals surface area contributed by atoms with Crippen LogP contribution in [0.15, 0.2) is 33.0 Å². The maximum absolute atomic E-state index is 12.2. The van der Waals surface area contributed by atoms with Crippen LogP contribution in [0, 0.1) is 12.3 Å². The van der Waals surface area contributed by atoms with E-state index >= 15 is 0 Å². The number of rotatable bonds is 9. The van der Waals surface area contributed by atoms with E-state index in [0.29, 0.717) is 25.8 Å². The lowest BCUT2D eigenvalue weighted by Crippen LogP contribution is -2.35. The van der Waals surface area contributed by atoms with E-state index < -0.39 is 5.66 Å². The van der Waals surface area contributed by atoms with E-state index in [-0.39, 0.29) is 11.9 Å². The summed E-state index contributed by atoms with van der Waals surface area (Å²) < 4.78 is 5.41. The molecule has 118 valence electrons. The van der Waals surface area contributed by atoms with Crippen LogP contribution in [0.2, 0.25) is 0 Å². The van der Waals surface area contributed by atoms with Crippen molar-refractivity contribution in [3.8, 4) is 12.3 Å². The van der Waals surface area contributed by atoms with Gasteiger partial charge in [-0.25, -0.2) is 0 Å². The van der Waals surface area contributed by atoms with E-state index in [1.165, 1.54) is 0 Å². The summed E-state index contributed by atoms with van der Waals surface area (Å²) in [5.41, 5.74) is -0.411. The molecule has 0 saturated carbocycles. The topological polar surface area (TPSA) is 70.2 Å². The smallest absolute Gasteiger partial charge is 0.220 e. The van der Waals surface area contributed by atoms with Crippen molar-refractivity contribution in [2.75, 3.05) is 20.6 Å². The Morgan fingerprint density at radius 2 is 2.27 bits per heavy atom. The fourth-order valence-corrected chi connectivity index (χ4v) is 2.31. The van der Waals surface area contributed by atoms with Crippen LogP contribution in [0.1, 0.15) is 37.5 Å². The summed E-state index contributed by atoms with van der Waals surface area (Å²) in [7, 11) is 3.91. The molecule has 1 aliphatic rings. The molecule has 0 aromatic carbocycles. The largest absolute Gasteiger partial charge is 0.467 e. The zero-order valence-corrected chi connectivity index (χ0v) is 13.1. The first-order valence-corrected chi connectivity index (χ1v) is 7.40. The van der Waals surface area contributed by atoms with Gasteiger partial charge in [0, 0.05) is 32.2 Å². The van der Waals surface area contributed by atoms with Crippen molar-refractivity contribution in [2.45, 2.75) is 37.4 Å². The number of likely N-dealkylation sites (N-methyl/N-ethyl adjacent to an activating group) is 1. The van der Waals surface area contributed by atoms with Crippen molar-refractivity contribution in [1.82, 2.24) is 10.2 Å². The van der Waals surface area contributed by atoms with Crippen molar-refractivity contribution in [3.05, 3.63) is 24.2 Å². The summed E-state index contributed by atoms with van der Waals surface area (Å²) in [4.78, 5) is 14.2. The molecule has 0 saturated heterocycles. The summed E-state index contributed by atoms with van der Waals surface area (Å²) in [6.07, 6.45) is 9.20. The molecule has 2 rings (SSSR count). The number of terminal acetylenes is 1. The molecule has 1 atom stereocenters. The molecule has 1 aliphatic heterocycles. The second-order valence-electron chi connectivity index (χ2n) is 5.78. The first kappa shape index (κ1) is 16.2. The number of hydrogen-bond donors (Lipinski definition) is 1. The third-order valence-electron chi connectivity index (χ3n) is 3.57. The molecule has 0 fully saturated rings. The minimum atomic E-state index is -0.411. The summed E-state index contributed by atoms with van der Waals surface area (Å²) in [5.74, 6) is 3.31. The van der Waals surface area contributed by atoms with Gasteiger partial charge in [0.15, 0.2) is 5.66 Å². The molecular formula is C16H22N4O2. The van der Waals surface area contributed by atoms with Gasteiger partial charge >= 0.3 is 0 Å². The lowest BCUT2D eigenvalue weighted by Gasteiger charge is -2.21. The van der Waals surface area contributed by atoms with Crippen LogP contribution < -0.4 is 5.32 Å². The highest BCUT2D eigenvalue weighted by atomic mass is 16.3. The minimum Gasteiger partial charge on any atom is -0.467 e. The predicted octanol–water partition coefficient (Wildman–Crippen LogP) is 2.35. The molecule has 1 aromatic heterocycles. The molecule has 1 N–H and O–H groups in total. The molecule has 6 nitrogen and oxygen atoms in total. The summed E-state index contributed by atoms with van der Waals surface area (Å²) in [5, 5.41) is 11.1. The maximum Gasteiger partial charge on any atom is 0.220 e. The molecule has 0 spiro atoms. The third kappa shape index (κ3) is 4.71. The van der Waals surface area contributed by atoms with Crippen molar-refractivity contribution in [1.29, 1.82) is 0 Å². The maximum atomic E-state index is 12.2. The second kappa shape index (κ2) is 7.23. The summed E-state index contributed by atoms with van der Waals surface area (Å²) >= 11 is 0. The van der Waals surface area contributed by atoms with Gasteiger partial charge in [-0.15, -0.1) is 12.3 Å². The SMILES string of the molecule is C#CCCC1(CCC(=O)NC(CN(C)C)c2ccco2)N=N1. The standard InChI is InChI=1S/C16H22N4O2/c1-4-5-9-16(18-19-16)10-8-15(21)17-13(12-20(2)3)14-7-6-11-22-14/h1,6-7,11,13H,5,8-10,12H2,2-3H3,(H,17,21). The molecule has 1 aromatic rings. The Morgan fingerprint density at radius 1 is 1.50 bits per heavy atom. The Labute approximate surface area is 131 Å². The van der Waals surface area contributed by atoms with Gasteiger partial charge in [-0.2, -0.15) is 10.2 Å². The number of carbonyl (C=O) groups is 1. The molecule has 0 radical (unpaired) electrons. The predicted molar refractivity (Wildman–Crippen MR) is 83.0 cm³/mol. The van der Waals surface area contributed by atoms with Gasteiger partial charge in [0.1, 0.15) is 5.76 Å². The van der Waals surface area contributed by atoms with E-state index in [0.717, 1.165) is 12.2 Å². The fraction of sp³-hybridized carbons (Fsp3) is 0.562. The van der Waals surface area contributed by atoms with Crippen molar-refractivity contribution < 1.29 is 9.21 Å². The second-order valence-corrected chi connectivity index (χ2v) is 5.78. The molecular weight excluding hydrogens is 280 g/mol. The van der Waals surface area contributed by atoms with E-state index in [2.05, 4.69) is 21.5 Å². The first-order valence-electron chi connectivity index (χ1n) is 7.40. The van der Waals surface area contributed by atoms with Crippen LogP contribution in [-0.2, 0) is 4.79 Å². The zero-order valence-electron chi connectivity index (χ0n) is 13.1. The number of amides is 1. The van der Waals surface area contributed by atoms with E-state index in [1.807, 2.05) is 31.1 Å². The summed E-state index contributed by atoms with van der Waals surface area (Å²) in [6.45, 7) is 0.677. The van der Waals surface area contributed by atoms with Crippen LogP contribution >= 0.6 is 0 Å². The van der Waals surface area contributed by atoms with Crippen LogP contribution in [0.4, 0.5) is 0 Å². The van der Waals surface area contributed by atoms with Gasteiger partial charge in [-0.3, -0.25) is 4.79 Å². The monoisotopic (exact) mass is 302 g/mol. The number of furan rings is 1. The first-order chi connectivity index (χ1) is 10.5. The number of nitrogens with zero attached hydrogens (tertiary/aromatic N) is 3. The lowest BCUT2D eigenvalue weighted by molar-refractivity contribution is -0.122. The molecule has 1 amide bonds. The van der Waals surface area contributed by atoms with Gasteiger partial charge in [0.05, 0.1) is 12.3 Å². The highest BCUT2D eigenvalue weighted by Crippen LogP contribution is 2.37. The van der Waals surface area contributed by atoms with Gasteiger partial charge in [0.25, 0.3) is 0 Å². The molecule has 0 bridgehead atoms. The zero-order chi connectivity index (χ0) is 16.0. The van der Waals surface area contributed by atoms with Gasteiger partial charge in [-0.1, -0.05) is 0 Å².